The Morgan fingerprint density at radius 2 is 1.46 bits per heavy atom. The van der Waals surface area contributed by atoms with Gasteiger partial charge in [0.1, 0.15) is 11.5 Å². The predicted octanol–water partition coefficient (Wildman–Crippen LogP) is 9.90. The number of aromatic nitrogens is 2. The number of carbonyl (C=O) groups is 3. The fraction of sp³-hybridized carbons (Fsp3) is 0.591. The molecule has 1 atom stereocenters. The molecule has 56 heavy (non-hydrogen) atoms. The third-order valence-electron chi connectivity index (χ3n) is 12.2. The fourth-order valence-corrected chi connectivity index (χ4v) is 8.47. The minimum absolute atomic E-state index is 0.00422. The van der Waals surface area contributed by atoms with Crippen LogP contribution >= 0.6 is 0 Å². The number of imidazole rings is 1. The maximum absolute atomic E-state index is 15.1. The summed E-state index contributed by atoms with van der Waals surface area (Å²) in [6.45, 7) is 29.1. The first-order valence-corrected chi connectivity index (χ1v) is 26.3. The second-order valence-electron chi connectivity index (χ2n) is 18.4. The van der Waals surface area contributed by atoms with Crippen LogP contribution in [0.25, 0.3) is 11.4 Å². The third-order valence-corrected chi connectivity index (χ3v) is 21.3. The molecule has 308 valence electrons. The Kier molecular flexibility index (Phi) is 14.8. The lowest BCUT2D eigenvalue weighted by atomic mass is 9.92. The van der Waals surface area contributed by atoms with E-state index in [1.54, 1.807) is 12.3 Å². The molecule has 0 radical (unpaired) electrons. The number of hydrogen-bond donors (Lipinski definition) is 1. The van der Waals surface area contributed by atoms with Crippen molar-refractivity contribution >= 4 is 34.4 Å². The van der Waals surface area contributed by atoms with Gasteiger partial charge in [-0.1, -0.05) is 92.5 Å². The summed E-state index contributed by atoms with van der Waals surface area (Å²) in [7, 11) is -4.27. The van der Waals surface area contributed by atoms with Crippen LogP contribution in [0.1, 0.15) is 123 Å². The van der Waals surface area contributed by atoms with Crippen molar-refractivity contribution in [3.63, 3.8) is 0 Å². The van der Waals surface area contributed by atoms with Crippen LogP contribution in [-0.2, 0) is 28.4 Å². The van der Waals surface area contributed by atoms with Gasteiger partial charge in [0, 0.05) is 37.9 Å². The van der Waals surface area contributed by atoms with Crippen LogP contribution in [0.3, 0.4) is 0 Å². The van der Waals surface area contributed by atoms with Crippen molar-refractivity contribution in [2.75, 3.05) is 26.3 Å². The minimum Gasteiger partial charge on any atom is -0.478 e. The van der Waals surface area contributed by atoms with E-state index < -0.39 is 22.6 Å². The standard InChI is InChI=1S/C44H68N4O6Si2/c1-13-15-23-46(24-16-14-2)41(50)38-30-47(25-26-53-55(9,10)43(3,4)5)39(45-38)36-22-21-33(42(51)52)28-37(36)40(49)48-29-34-20-18-17-19-32(34)27-35(48)31-54-56(11,12)44(6,7)8/h17-22,28,30,35H,13-16,23-27,29,31H2,1-12H3,(H,51,52)/t35-/m0/s1. The summed E-state index contributed by atoms with van der Waals surface area (Å²) in [5.74, 6) is -1.14. The highest BCUT2D eigenvalue weighted by molar-refractivity contribution is 6.74. The van der Waals surface area contributed by atoms with Crippen LogP contribution in [0.5, 0.6) is 0 Å². The van der Waals surface area contributed by atoms with Gasteiger partial charge < -0.3 is 28.3 Å². The molecule has 4 rings (SSSR count). The largest absolute Gasteiger partial charge is 0.478 e. The number of nitrogens with zero attached hydrogens (tertiary/aromatic N) is 4. The molecule has 2 amide bonds. The van der Waals surface area contributed by atoms with E-state index in [1.165, 1.54) is 17.7 Å². The summed E-state index contributed by atoms with van der Waals surface area (Å²) in [6, 6.07) is 12.5. The molecule has 0 saturated carbocycles. The normalized spacial score (nSPS) is 15.1. The molecule has 12 heteroatoms. The van der Waals surface area contributed by atoms with Crippen molar-refractivity contribution in [3.8, 4) is 11.4 Å². The van der Waals surface area contributed by atoms with Gasteiger partial charge >= 0.3 is 5.97 Å². The number of carboxylic acids is 1. The van der Waals surface area contributed by atoms with Gasteiger partial charge in [0.2, 0.25) is 0 Å². The quantitative estimate of drug-likeness (QED) is 0.135. The van der Waals surface area contributed by atoms with Crippen molar-refractivity contribution in [3.05, 3.63) is 76.6 Å². The number of amides is 2. The third kappa shape index (κ3) is 10.7. The van der Waals surface area contributed by atoms with Crippen LogP contribution < -0.4 is 0 Å². The Balaban J connectivity index is 1.85. The molecule has 1 N–H and O–H groups in total. The lowest BCUT2D eigenvalue weighted by molar-refractivity contribution is 0.0555. The molecule has 3 aromatic rings. The molecule has 0 saturated heterocycles. The number of unbranched alkanes of at least 4 members (excludes halogenated alkanes) is 2. The Labute approximate surface area is 338 Å². The van der Waals surface area contributed by atoms with E-state index in [9.17, 15) is 14.7 Å². The minimum atomic E-state index is -2.17. The molecular formula is C44H68N4O6Si2. The van der Waals surface area contributed by atoms with Crippen LogP contribution in [0.4, 0.5) is 0 Å². The van der Waals surface area contributed by atoms with Crippen molar-refractivity contribution < 1.29 is 28.3 Å². The van der Waals surface area contributed by atoms with Crippen LogP contribution in [0.2, 0.25) is 36.3 Å². The highest BCUT2D eigenvalue weighted by Crippen LogP contribution is 2.39. The molecular weight excluding hydrogens is 737 g/mol. The monoisotopic (exact) mass is 804 g/mol. The van der Waals surface area contributed by atoms with Gasteiger partial charge in [-0.25, -0.2) is 9.78 Å². The second kappa shape index (κ2) is 18.3. The van der Waals surface area contributed by atoms with E-state index in [0.717, 1.165) is 31.2 Å². The van der Waals surface area contributed by atoms with E-state index in [1.807, 2.05) is 32.6 Å². The molecule has 1 aromatic heterocycles. The number of benzene rings is 2. The van der Waals surface area contributed by atoms with Gasteiger partial charge in [-0.3, -0.25) is 9.59 Å². The van der Waals surface area contributed by atoms with Gasteiger partial charge in [0.25, 0.3) is 11.8 Å². The van der Waals surface area contributed by atoms with Gasteiger partial charge in [-0.05, 0) is 84.9 Å². The zero-order valence-corrected chi connectivity index (χ0v) is 38.3. The first-order chi connectivity index (χ1) is 26.1. The van der Waals surface area contributed by atoms with Crippen molar-refractivity contribution in [2.45, 2.75) is 143 Å². The second-order valence-corrected chi connectivity index (χ2v) is 28.1. The lowest BCUT2D eigenvalue weighted by Crippen LogP contribution is -2.50. The average molecular weight is 805 g/mol. The highest BCUT2D eigenvalue weighted by atomic mass is 28.4. The first-order valence-electron chi connectivity index (χ1n) is 20.5. The van der Waals surface area contributed by atoms with Crippen LogP contribution in [0.15, 0.2) is 48.7 Å². The SMILES string of the molecule is CCCCN(CCCC)C(=O)c1cn(CCO[Si](C)(C)C(C)(C)C)c(-c2ccc(C(=O)O)cc2C(=O)N2Cc3ccccc3C[C@H]2CO[Si](C)(C)C(C)(C)C)n1. The van der Waals surface area contributed by atoms with E-state index in [0.29, 0.717) is 62.9 Å². The summed E-state index contributed by atoms with van der Waals surface area (Å²) in [6.07, 6.45) is 6.10. The van der Waals surface area contributed by atoms with Crippen LogP contribution in [-0.4, -0.2) is 91.2 Å². The summed E-state index contributed by atoms with van der Waals surface area (Å²) >= 11 is 0. The molecule has 1 aliphatic rings. The number of rotatable bonds is 17. The van der Waals surface area contributed by atoms with E-state index >= 15 is 4.79 Å². The number of aromatic carboxylic acids is 1. The number of fused-ring (bicyclic) bond motifs is 1. The topological polar surface area (TPSA) is 114 Å². The van der Waals surface area contributed by atoms with Crippen molar-refractivity contribution in [1.29, 1.82) is 0 Å². The Hall–Kier alpha value is -3.59. The smallest absolute Gasteiger partial charge is 0.335 e. The van der Waals surface area contributed by atoms with Gasteiger partial charge in [0.15, 0.2) is 16.6 Å². The molecule has 0 spiro atoms. The maximum Gasteiger partial charge on any atom is 0.335 e. The first kappa shape index (κ1) is 45.1. The van der Waals surface area contributed by atoms with Gasteiger partial charge in [0.05, 0.1) is 30.4 Å². The number of carboxylic acid groups (broad SMARTS) is 1. The van der Waals surface area contributed by atoms with E-state index in [-0.39, 0.29) is 39.1 Å². The number of carbonyl (C=O) groups excluding carboxylic acids is 2. The van der Waals surface area contributed by atoms with E-state index in [2.05, 4.69) is 87.6 Å². The Morgan fingerprint density at radius 1 is 0.875 bits per heavy atom. The zero-order valence-electron chi connectivity index (χ0n) is 36.3. The molecule has 10 nitrogen and oxygen atoms in total. The molecule has 0 bridgehead atoms. The summed E-state index contributed by atoms with van der Waals surface area (Å²) in [5.41, 5.74) is 3.24. The summed E-state index contributed by atoms with van der Waals surface area (Å²) in [5, 5.41) is 10.2. The predicted molar refractivity (Wildman–Crippen MR) is 230 cm³/mol. The van der Waals surface area contributed by atoms with E-state index in [4.69, 9.17) is 13.8 Å². The zero-order chi connectivity index (χ0) is 41.6. The molecule has 1 aliphatic heterocycles. The molecule has 0 fully saturated rings. The highest BCUT2D eigenvalue weighted by Gasteiger charge is 2.40. The maximum atomic E-state index is 15.1. The Morgan fingerprint density at radius 3 is 2.04 bits per heavy atom. The summed E-state index contributed by atoms with van der Waals surface area (Å²) < 4.78 is 15.2. The average Bonchev–Trinajstić information content (AvgIpc) is 3.55. The molecule has 0 unspecified atom stereocenters. The molecule has 0 aliphatic carbocycles. The van der Waals surface area contributed by atoms with Gasteiger partial charge in [-0.15, -0.1) is 0 Å². The van der Waals surface area contributed by atoms with Crippen LogP contribution in [0, 0.1) is 0 Å². The van der Waals surface area contributed by atoms with Crippen molar-refractivity contribution in [2.24, 2.45) is 0 Å². The number of hydrogen-bond acceptors (Lipinski definition) is 6. The summed E-state index contributed by atoms with van der Waals surface area (Å²) in [4.78, 5) is 50.4. The molecule has 2 heterocycles. The van der Waals surface area contributed by atoms with Gasteiger partial charge in [-0.2, -0.15) is 0 Å². The fourth-order valence-electron chi connectivity index (χ4n) is 6.39. The Bertz CT molecular complexity index is 1830. The molecule has 2 aromatic carbocycles. The lowest BCUT2D eigenvalue weighted by Gasteiger charge is -2.41. The van der Waals surface area contributed by atoms with Crippen molar-refractivity contribution in [1.82, 2.24) is 19.4 Å².